The van der Waals surface area contributed by atoms with Gasteiger partial charge >= 0.3 is 17.7 Å². The van der Waals surface area contributed by atoms with Crippen molar-refractivity contribution in [2.24, 2.45) is 5.92 Å². The summed E-state index contributed by atoms with van der Waals surface area (Å²) in [5.41, 5.74) is 1.17. The Morgan fingerprint density at radius 2 is 1.77 bits per heavy atom. The monoisotopic (exact) mass is 415 g/mol. The van der Waals surface area contributed by atoms with E-state index >= 15 is 0 Å². The molecular formula is C23H29NO6. The van der Waals surface area contributed by atoms with Crippen molar-refractivity contribution in [3.63, 3.8) is 0 Å². The first-order valence-electron chi connectivity index (χ1n) is 10.3. The van der Waals surface area contributed by atoms with E-state index in [1.54, 1.807) is 46.8 Å². The highest BCUT2D eigenvalue weighted by Gasteiger charge is 2.29. The van der Waals surface area contributed by atoms with Crippen LogP contribution in [0.15, 0.2) is 27.4 Å². The van der Waals surface area contributed by atoms with Crippen LogP contribution in [0.2, 0.25) is 0 Å². The topological polar surface area (TPSA) is 94.8 Å². The third-order valence-electron chi connectivity index (χ3n) is 5.01. The molecule has 0 saturated carbocycles. The standard InChI is InChI=1S/C23H29NO6/c1-13(2)19(24-22(27)30-23(3,4)5)21(26)28-14-10-11-16-15-8-6-7-9-17(15)20(25)29-18(16)12-14/h10-13,19H,6-9H2,1-5H3,(H,24,27)/t19-/m1/s1. The molecule has 2 aromatic rings. The van der Waals surface area contributed by atoms with Crippen molar-refractivity contribution in [2.45, 2.75) is 71.9 Å². The zero-order chi connectivity index (χ0) is 22.1. The lowest BCUT2D eigenvalue weighted by molar-refractivity contribution is -0.137. The van der Waals surface area contributed by atoms with Gasteiger partial charge in [0.25, 0.3) is 0 Å². The number of rotatable bonds is 4. The predicted molar refractivity (Wildman–Crippen MR) is 113 cm³/mol. The van der Waals surface area contributed by atoms with Crippen molar-refractivity contribution in [1.82, 2.24) is 5.32 Å². The molecule has 7 heteroatoms. The molecule has 1 aromatic carbocycles. The first kappa shape index (κ1) is 21.9. The Hall–Kier alpha value is -2.83. The number of esters is 1. The molecule has 1 atom stereocenters. The van der Waals surface area contributed by atoms with Gasteiger partial charge in [-0.3, -0.25) is 0 Å². The smallest absolute Gasteiger partial charge is 0.408 e. The van der Waals surface area contributed by atoms with Crippen LogP contribution in [0.4, 0.5) is 4.79 Å². The summed E-state index contributed by atoms with van der Waals surface area (Å²) in [5.74, 6) is -0.575. The molecule has 0 fully saturated rings. The quantitative estimate of drug-likeness (QED) is 0.458. The minimum absolute atomic E-state index is 0.213. The molecule has 162 valence electrons. The number of aryl methyl sites for hydroxylation is 1. The SMILES string of the molecule is CC(C)[C@@H](NC(=O)OC(C)(C)C)C(=O)Oc1ccc2c3c(c(=O)oc2c1)CCCC3. The van der Waals surface area contributed by atoms with Gasteiger partial charge in [0.15, 0.2) is 0 Å². The van der Waals surface area contributed by atoms with Crippen molar-refractivity contribution in [3.8, 4) is 5.75 Å². The molecule has 0 bridgehead atoms. The zero-order valence-electron chi connectivity index (χ0n) is 18.2. The summed E-state index contributed by atoms with van der Waals surface area (Å²) in [6.45, 7) is 8.84. The maximum atomic E-state index is 12.7. The van der Waals surface area contributed by atoms with Crippen molar-refractivity contribution in [2.75, 3.05) is 0 Å². The van der Waals surface area contributed by atoms with E-state index < -0.39 is 23.7 Å². The van der Waals surface area contributed by atoms with Crippen LogP contribution < -0.4 is 15.7 Å². The average Bonchev–Trinajstić information content (AvgIpc) is 2.64. The number of ether oxygens (including phenoxy) is 2. The van der Waals surface area contributed by atoms with Gasteiger partial charge in [0, 0.05) is 17.0 Å². The number of benzene rings is 1. The zero-order valence-corrected chi connectivity index (χ0v) is 18.2. The van der Waals surface area contributed by atoms with E-state index in [0.29, 0.717) is 5.58 Å². The molecule has 30 heavy (non-hydrogen) atoms. The summed E-state index contributed by atoms with van der Waals surface area (Å²) in [5, 5.41) is 3.44. The fourth-order valence-electron chi connectivity index (χ4n) is 3.60. The summed E-state index contributed by atoms with van der Waals surface area (Å²) >= 11 is 0. The Kier molecular flexibility index (Phi) is 6.19. The molecule has 1 aliphatic rings. The third kappa shape index (κ3) is 5.01. The van der Waals surface area contributed by atoms with Crippen LogP contribution in [0.5, 0.6) is 5.75 Å². The molecule has 1 N–H and O–H groups in total. The average molecular weight is 415 g/mol. The highest BCUT2D eigenvalue weighted by Crippen LogP contribution is 2.29. The van der Waals surface area contributed by atoms with E-state index in [-0.39, 0.29) is 17.3 Å². The minimum atomic E-state index is -0.883. The maximum Gasteiger partial charge on any atom is 0.408 e. The predicted octanol–water partition coefficient (Wildman–Crippen LogP) is 4.13. The van der Waals surface area contributed by atoms with E-state index in [9.17, 15) is 14.4 Å². The van der Waals surface area contributed by atoms with Gasteiger partial charge in [0.1, 0.15) is 23.0 Å². The summed E-state index contributed by atoms with van der Waals surface area (Å²) in [6.07, 6.45) is 2.91. The number of alkyl carbamates (subject to hydrolysis) is 1. The lowest BCUT2D eigenvalue weighted by Gasteiger charge is -2.24. The fraction of sp³-hybridized carbons (Fsp3) is 0.522. The Balaban J connectivity index is 1.81. The molecule has 7 nitrogen and oxygen atoms in total. The van der Waals surface area contributed by atoms with Crippen molar-refractivity contribution >= 4 is 23.0 Å². The molecule has 0 aliphatic heterocycles. The van der Waals surface area contributed by atoms with Crippen molar-refractivity contribution in [1.29, 1.82) is 0 Å². The molecule has 1 heterocycles. The summed E-state index contributed by atoms with van der Waals surface area (Å²) in [7, 11) is 0. The van der Waals surface area contributed by atoms with Gasteiger partial charge in [-0.15, -0.1) is 0 Å². The first-order valence-corrected chi connectivity index (χ1v) is 10.3. The lowest BCUT2D eigenvalue weighted by atomic mass is 9.91. The second kappa shape index (κ2) is 8.50. The normalized spacial score (nSPS) is 14.9. The van der Waals surface area contributed by atoms with Gasteiger partial charge in [0.05, 0.1) is 0 Å². The van der Waals surface area contributed by atoms with E-state index in [1.807, 2.05) is 6.07 Å². The number of amides is 1. The van der Waals surface area contributed by atoms with E-state index in [4.69, 9.17) is 13.9 Å². The number of carbonyl (C=O) groups excluding carboxylic acids is 2. The van der Waals surface area contributed by atoms with Gasteiger partial charge in [-0.1, -0.05) is 13.8 Å². The minimum Gasteiger partial charge on any atom is -0.444 e. The van der Waals surface area contributed by atoms with Gasteiger partial charge in [0.2, 0.25) is 0 Å². The summed E-state index contributed by atoms with van der Waals surface area (Å²) in [4.78, 5) is 37.1. The Morgan fingerprint density at radius 3 is 2.40 bits per heavy atom. The summed E-state index contributed by atoms with van der Waals surface area (Å²) < 4.78 is 16.2. The molecule has 1 aliphatic carbocycles. The molecule has 3 rings (SSSR count). The number of nitrogens with one attached hydrogen (secondary N) is 1. The Bertz CT molecular complexity index is 1010. The molecule has 1 aromatic heterocycles. The fourth-order valence-corrected chi connectivity index (χ4v) is 3.60. The van der Waals surface area contributed by atoms with Crippen LogP contribution in [-0.4, -0.2) is 23.7 Å². The van der Waals surface area contributed by atoms with Gasteiger partial charge in [-0.05, 0) is 70.1 Å². The largest absolute Gasteiger partial charge is 0.444 e. The highest BCUT2D eigenvalue weighted by atomic mass is 16.6. The van der Waals surface area contributed by atoms with Crippen LogP contribution >= 0.6 is 0 Å². The Labute approximate surface area is 175 Å². The molecular weight excluding hydrogens is 386 g/mol. The van der Waals surface area contributed by atoms with E-state index in [1.165, 1.54) is 0 Å². The van der Waals surface area contributed by atoms with Crippen LogP contribution in [0, 0.1) is 5.92 Å². The van der Waals surface area contributed by atoms with E-state index in [0.717, 1.165) is 42.2 Å². The van der Waals surface area contributed by atoms with E-state index in [2.05, 4.69) is 5.32 Å². The first-order chi connectivity index (χ1) is 14.0. The van der Waals surface area contributed by atoms with Crippen LogP contribution in [0.1, 0.15) is 58.6 Å². The van der Waals surface area contributed by atoms with Gasteiger partial charge in [-0.2, -0.15) is 0 Å². The molecule has 0 saturated heterocycles. The lowest BCUT2D eigenvalue weighted by Crippen LogP contribution is -2.48. The van der Waals surface area contributed by atoms with Gasteiger partial charge in [-0.25, -0.2) is 14.4 Å². The molecule has 0 radical (unpaired) electrons. The second-order valence-corrected chi connectivity index (χ2v) is 9.00. The van der Waals surface area contributed by atoms with Crippen LogP contribution in [-0.2, 0) is 22.4 Å². The van der Waals surface area contributed by atoms with Gasteiger partial charge < -0.3 is 19.2 Å². The summed E-state index contributed by atoms with van der Waals surface area (Å²) in [6, 6.07) is 4.16. The van der Waals surface area contributed by atoms with Crippen LogP contribution in [0.25, 0.3) is 11.0 Å². The maximum absolute atomic E-state index is 12.7. The number of fused-ring (bicyclic) bond motifs is 3. The van der Waals surface area contributed by atoms with Crippen molar-refractivity contribution in [3.05, 3.63) is 39.7 Å². The molecule has 0 unspecified atom stereocenters. The van der Waals surface area contributed by atoms with Crippen LogP contribution in [0.3, 0.4) is 0 Å². The highest BCUT2D eigenvalue weighted by molar-refractivity contribution is 5.86. The second-order valence-electron chi connectivity index (χ2n) is 9.00. The molecule has 1 amide bonds. The number of hydrogen-bond donors (Lipinski definition) is 1. The van der Waals surface area contributed by atoms with Crippen molar-refractivity contribution < 1.29 is 23.5 Å². The number of carbonyl (C=O) groups is 2. The third-order valence-corrected chi connectivity index (χ3v) is 5.01. The number of hydrogen-bond acceptors (Lipinski definition) is 6. The Morgan fingerprint density at radius 1 is 1.10 bits per heavy atom. The molecule has 0 spiro atoms.